The highest BCUT2D eigenvalue weighted by atomic mass is 127. The van der Waals surface area contributed by atoms with E-state index in [1.807, 2.05) is 7.05 Å². The van der Waals surface area contributed by atoms with Crippen LogP contribution in [-0.2, 0) is 6.54 Å². The van der Waals surface area contributed by atoms with Crippen LogP contribution in [0.4, 0.5) is 0 Å². The number of rotatable bonds is 5. The quantitative estimate of drug-likeness (QED) is 0.416. The molecule has 24 heavy (non-hydrogen) atoms. The Labute approximate surface area is 164 Å². The number of nitrogens with one attached hydrogen (secondary N) is 2. The zero-order valence-corrected chi connectivity index (χ0v) is 17.9. The molecular formula is C19H33IN4. The van der Waals surface area contributed by atoms with Gasteiger partial charge in [0.2, 0.25) is 0 Å². The van der Waals surface area contributed by atoms with E-state index in [0.717, 1.165) is 31.5 Å². The van der Waals surface area contributed by atoms with Crippen LogP contribution in [0.15, 0.2) is 23.2 Å². The van der Waals surface area contributed by atoms with Crippen LogP contribution in [0, 0.1) is 19.8 Å². The molecule has 1 aromatic carbocycles. The summed E-state index contributed by atoms with van der Waals surface area (Å²) in [4.78, 5) is 6.90. The van der Waals surface area contributed by atoms with Gasteiger partial charge in [-0.15, -0.1) is 24.0 Å². The maximum Gasteiger partial charge on any atom is 0.191 e. The predicted molar refractivity (Wildman–Crippen MR) is 114 cm³/mol. The molecule has 0 amide bonds. The van der Waals surface area contributed by atoms with E-state index in [4.69, 9.17) is 0 Å². The van der Waals surface area contributed by atoms with E-state index in [1.165, 1.54) is 42.6 Å². The van der Waals surface area contributed by atoms with Crippen molar-refractivity contribution in [2.45, 2.75) is 40.2 Å². The van der Waals surface area contributed by atoms with Crippen molar-refractivity contribution in [2.75, 3.05) is 33.2 Å². The minimum absolute atomic E-state index is 0. The molecule has 1 unspecified atom stereocenters. The van der Waals surface area contributed by atoms with Crippen molar-refractivity contribution in [2.24, 2.45) is 10.9 Å². The van der Waals surface area contributed by atoms with Gasteiger partial charge in [-0.25, -0.2) is 0 Å². The lowest BCUT2D eigenvalue weighted by Gasteiger charge is -2.32. The lowest BCUT2D eigenvalue weighted by molar-refractivity contribution is 0.183. The van der Waals surface area contributed by atoms with Crippen molar-refractivity contribution in [1.29, 1.82) is 0 Å². The van der Waals surface area contributed by atoms with E-state index >= 15 is 0 Å². The Morgan fingerprint density at radius 1 is 1.29 bits per heavy atom. The Hall–Kier alpha value is -0.820. The predicted octanol–water partition coefficient (Wildman–Crippen LogP) is 3.32. The van der Waals surface area contributed by atoms with Crippen molar-refractivity contribution in [1.82, 2.24) is 15.5 Å². The topological polar surface area (TPSA) is 39.7 Å². The molecule has 5 heteroatoms. The summed E-state index contributed by atoms with van der Waals surface area (Å²) in [7, 11) is 1.84. The second kappa shape index (κ2) is 10.9. The summed E-state index contributed by atoms with van der Waals surface area (Å²) in [5.74, 6) is 1.63. The first kappa shape index (κ1) is 21.2. The Morgan fingerprint density at radius 2 is 2.08 bits per heavy atom. The van der Waals surface area contributed by atoms with Gasteiger partial charge in [-0.3, -0.25) is 4.99 Å². The maximum absolute atomic E-state index is 4.35. The Kier molecular flexibility index (Phi) is 9.66. The van der Waals surface area contributed by atoms with Gasteiger partial charge in [-0.2, -0.15) is 0 Å². The van der Waals surface area contributed by atoms with Crippen molar-refractivity contribution < 1.29 is 0 Å². The Bertz CT molecular complexity index is 530. The van der Waals surface area contributed by atoms with Crippen LogP contribution in [0.2, 0.25) is 0 Å². The fourth-order valence-electron chi connectivity index (χ4n) is 3.29. The number of halogens is 1. The third-order valence-corrected chi connectivity index (χ3v) is 4.78. The first-order valence-electron chi connectivity index (χ1n) is 8.85. The second-order valence-electron chi connectivity index (χ2n) is 6.64. The third-order valence-electron chi connectivity index (χ3n) is 4.78. The molecule has 1 fully saturated rings. The highest BCUT2D eigenvalue weighted by Gasteiger charge is 2.18. The van der Waals surface area contributed by atoms with Crippen molar-refractivity contribution in [3.8, 4) is 0 Å². The first-order chi connectivity index (χ1) is 11.1. The van der Waals surface area contributed by atoms with E-state index in [-0.39, 0.29) is 24.0 Å². The maximum atomic E-state index is 4.35. The molecule has 1 aliphatic rings. The summed E-state index contributed by atoms with van der Waals surface area (Å²) in [5, 5.41) is 6.93. The fraction of sp³-hybridized carbons (Fsp3) is 0.632. The molecule has 0 radical (unpaired) electrons. The van der Waals surface area contributed by atoms with Gasteiger partial charge in [-0.1, -0.05) is 30.7 Å². The van der Waals surface area contributed by atoms with Gasteiger partial charge in [0, 0.05) is 26.7 Å². The monoisotopic (exact) mass is 444 g/mol. The molecular weight excluding hydrogens is 411 g/mol. The number of hydrogen-bond acceptors (Lipinski definition) is 2. The highest BCUT2D eigenvalue weighted by molar-refractivity contribution is 14.0. The summed E-state index contributed by atoms with van der Waals surface area (Å²) in [6.07, 6.45) is 2.63. The summed E-state index contributed by atoms with van der Waals surface area (Å²) < 4.78 is 0. The molecule has 1 aromatic rings. The molecule has 136 valence electrons. The van der Waals surface area contributed by atoms with E-state index in [2.05, 4.69) is 59.5 Å². The van der Waals surface area contributed by atoms with Crippen molar-refractivity contribution in [3.05, 3.63) is 34.9 Å². The van der Waals surface area contributed by atoms with Crippen LogP contribution in [0.5, 0.6) is 0 Å². The molecule has 2 rings (SSSR count). The Balaban J connectivity index is 0.00000288. The molecule has 0 spiro atoms. The van der Waals surface area contributed by atoms with Crippen LogP contribution in [0.1, 0.15) is 36.5 Å². The van der Waals surface area contributed by atoms with Gasteiger partial charge in [0.1, 0.15) is 0 Å². The number of aliphatic imine (C=N–C) groups is 1. The average Bonchev–Trinajstić information content (AvgIpc) is 2.56. The molecule has 0 bridgehead atoms. The standard InChI is InChI=1S/C19H32N4.HI/c1-5-23-10-6-7-17(14-23)12-21-19(20-4)22-13-18-9-8-15(2)11-16(18)3;/h8-9,11,17H,5-7,10,12-14H2,1-4H3,(H2,20,21,22);1H. The number of likely N-dealkylation sites (tertiary alicyclic amines) is 1. The number of piperidine rings is 1. The van der Waals surface area contributed by atoms with E-state index in [0.29, 0.717) is 0 Å². The van der Waals surface area contributed by atoms with Gasteiger partial charge >= 0.3 is 0 Å². The van der Waals surface area contributed by atoms with Gasteiger partial charge in [0.05, 0.1) is 0 Å². The molecule has 1 atom stereocenters. The smallest absolute Gasteiger partial charge is 0.191 e. The number of benzene rings is 1. The molecule has 0 aromatic heterocycles. The number of hydrogen-bond donors (Lipinski definition) is 2. The second-order valence-corrected chi connectivity index (χ2v) is 6.64. The number of aryl methyl sites for hydroxylation is 2. The minimum atomic E-state index is 0. The molecule has 1 saturated heterocycles. The van der Waals surface area contributed by atoms with Crippen LogP contribution in [0.25, 0.3) is 0 Å². The summed E-state index contributed by atoms with van der Waals surface area (Å²) in [6.45, 7) is 12.0. The number of guanidine groups is 1. The normalized spacial score (nSPS) is 18.8. The number of nitrogens with zero attached hydrogens (tertiary/aromatic N) is 2. The zero-order valence-electron chi connectivity index (χ0n) is 15.6. The van der Waals surface area contributed by atoms with E-state index < -0.39 is 0 Å². The van der Waals surface area contributed by atoms with Crippen molar-refractivity contribution in [3.63, 3.8) is 0 Å². The van der Waals surface area contributed by atoms with Gasteiger partial charge in [0.15, 0.2) is 5.96 Å². The molecule has 1 aliphatic heterocycles. The minimum Gasteiger partial charge on any atom is -0.356 e. The average molecular weight is 444 g/mol. The van der Waals surface area contributed by atoms with Crippen LogP contribution in [-0.4, -0.2) is 44.1 Å². The summed E-state index contributed by atoms with van der Waals surface area (Å²) in [6, 6.07) is 6.60. The molecule has 2 N–H and O–H groups in total. The van der Waals surface area contributed by atoms with E-state index in [9.17, 15) is 0 Å². The molecule has 0 aliphatic carbocycles. The lowest BCUT2D eigenvalue weighted by Crippen LogP contribution is -2.44. The third kappa shape index (κ3) is 6.59. The highest BCUT2D eigenvalue weighted by Crippen LogP contribution is 2.15. The fourth-order valence-corrected chi connectivity index (χ4v) is 3.29. The largest absolute Gasteiger partial charge is 0.356 e. The van der Waals surface area contributed by atoms with Gasteiger partial charge in [-0.05, 0) is 56.8 Å². The van der Waals surface area contributed by atoms with Gasteiger partial charge in [0.25, 0.3) is 0 Å². The van der Waals surface area contributed by atoms with Crippen LogP contribution in [0.3, 0.4) is 0 Å². The van der Waals surface area contributed by atoms with Crippen LogP contribution >= 0.6 is 24.0 Å². The van der Waals surface area contributed by atoms with Crippen molar-refractivity contribution >= 4 is 29.9 Å². The summed E-state index contributed by atoms with van der Waals surface area (Å²) >= 11 is 0. The Morgan fingerprint density at radius 3 is 2.75 bits per heavy atom. The molecule has 4 nitrogen and oxygen atoms in total. The van der Waals surface area contributed by atoms with Gasteiger partial charge < -0.3 is 15.5 Å². The molecule has 1 heterocycles. The SMILES string of the molecule is CCN1CCCC(CNC(=NC)NCc2ccc(C)cc2C)C1.I. The summed E-state index contributed by atoms with van der Waals surface area (Å²) in [5.41, 5.74) is 3.97. The zero-order chi connectivity index (χ0) is 16.7. The molecule has 0 saturated carbocycles. The van der Waals surface area contributed by atoms with Crippen LogP contribution < -0.4 is 10.6 Å². The lowest BCUT2D eigenvalue weighted by atomic mass is 9.98. The first-order valence-corrected chi connectivity index (χ1v) is 8.85. The van der Waals surface area contributed by atoms with E-state index in [1.54, 1.807) is 0 Å².